The van der Waals surface area contributed by atoms with Crippen LogP contribution in [0.25, 0.3) is 0 Å². The highest BCUT2D eigenvalue weighted by atomic mass is 16.4. The monoisotopic (exact) mass is 324 g/mol. The molecule has 4 heteroatoms. The fourth-order valence-electron chi connectivity index (χ4n) is 2.58. The minimum absolute atomic E-state index is 0.126. The van der Waals surface area contributed by atoms with Crippen molar-refractivity contribution in [1.29, 1.82) is 0 Å². The van der Waals surface area contributed by atoms with Gasteiger partial charge in [0.1, 0.15) is 0 Å². The predicted molar refractivity (Wildman–Crippen MR) is 92.1 cm³/mol. The lowest BCUT2D eigenvalue weighted by Gasteiger charge is -2.19. The molecule has 0 spiro atoms. The molecular formula is C20H20O4. The van der Waals surface area contributed by atoms with Crippen LogP contribution in [0.3, 0.4) is 0 Å². The van der Waals surface area contributed by atoms with Gasteiger partial charge in [0.25, 0.3) is 0 Å². The van der Waals surface area contributed by atoms with E-state index in [0.29, 0.717) is 28.7 Å². The van der Waals surface area contributed by atoms with Gasteiger partial charge in [0.05, 0.1) is 5.92 Å². The third-order valence-corrected chi connectivity index (χ3v) is 4.22. The maximum absolute atomic E-state index is 12.7. The molecule has 0 saturated carbocycles. The summed E-state index contributed by atoms with van der Waals surface area (Å²) in [5, 5.41) is 8.94. The lowest BCUT2D eigenvalue weighted by Crippen LogP contribution is -2.21. The van der Waals surface area contributed by atoms with Crippen molar-refractivity contribution in [3.05, 3.63) is 70.3 Å². The summed E-state index contributed by atoms with van der Waals surface area (Å²) in [4.78, 5) is 36.1. The van der Waals surface area contributed by atoms with Gasteiger partial charge < -0.3 is 5.11 Å². The molecule has 0 aliphatic heterocycles. The van der Waals surface area contributed by atoms with Gasteiger partial charge >= 0.3 is 5.97 Å². The maximum Gasteiger partial charge on any atom is 0.310 e. The predicted octanol–water partition coefficient (Wildman–Crippen LogP) is 4.00. The first-order chi connectivity index (χ1) is 11.4. The molecule has 1 aliphatic carbocycles. The second-order valence-electron chi connectivity index (χ2n) is 5.83. The highest BCUT2D eigenvalue weighted by Crippen LogP contribution is 2.30. The van der Waals surface area contributed by atoms with E-state index in [1.54, 1.807) is 50.3 Å². The highest BCUT2D eigenvalue weighted by Gasteiger charge is 2.29. The second kappa shape index (κ2) is 7.21. The normalized spacial score (nSPS) is 16.5. The Morgan fingerprint density at radius 2 is 1.75 bits per heavy atom. The van der Waals surface area contributed by atoms with Gasteiger partial charge in [-0.1, -0.05) is 42.5 Å². The van der Waals surface area contributed by atoms with Crippen molar-refractivity contribution < 1.29 is 19.5 Å². The largest absolute Gasteiger partial charge is 0.481 e. The van der Waals surface area contributed by atoms with Gasteiger partial charge in [-0.2, -0.15) is 0 Å². The average molecular weight is 324 g/mol. The molecular weight excluding hydrogens is 304 g/mol. The first-order valence-corrected chi connectivity index (χ1v) is 7.81. The van der Waals surface area contributed by atoms with Gasteiger partial charge in [0.15, 0.2) is 11.6 Å². The number of hydrogen-bond donors (Lipinski definition) is 1. The minimum atomic E-state index is -0.907. The fraction of sp³-hybridized carbons (Fsp3) is 0.250. The van der Waals surface area contributed by atoms with E-state index in [1.165, 1.54) is 0 Å². The van der Waals surface area contributed by atoms with E-state index in [-0.39, 0.29) is 11.6 Å². The Hall–Kier alpha value is -2.75. The number of ketones is 2. The lowest BCUT2D eigenvalue weighted by atomic mass is 9.82. The average Bonchev–Trinajstić information content (AvgIpc) is 2.58. The van der Waals surface area contributed by atoms with Crippen molar-refractivity contribution in [3.8, 4) is 0 Å². The van der Waals surface area contributed by atoms with Gasteiger partial charge in [-0.25, -0.2) is 0 Å². The molecule has 1 aromatic rings. The molecule has 1 aliphatic rings. The number of hydrogen-bond acceptors (Lipinski definition) is 3. The van der Waals surface area contributed by atoms with Crippen LogP contribution in [0, 0.1) is 5.92 Å². The van der Waals surface area contributed by atoms with Crippen LogP contribution in [0.2, 0.25) is 0 Å². The van der Waals surface area contributed by atoms with E-state index < -0.39 is 11.9 Å². The topological polar surface area (TPSA) is 71.4 Å². The number of allylic oxidation sites excluding steroid dienone is 5. The number of carbonyl (C=O) groups excluding carboxylic acids is 2. The summed E-state index contributed by atoms with van der Waals surface area (Å²) in [6.07, 6.45) is 5.42. The molecule has 4 nitrogen and oxygen atoms in total. The SMILES string of the molecule is C/C=C(\C=C/C(C)C(=O)O)CC1=C(C)C(=O)c2ccccc2C1=O. The van der Waals surface area contributed by atoms with Crippen LogP contribution >= 0.6 is 0 Å². The van der Waals surface area contributed by atoms with E-state index in [2.05, 4.69) is 0 Å². The Morgan fingerprint density at radius 3 is 2.29 bits per heavy atom. The van der Waals surface area contributed by atoms with Gasteiger partial charge in [-0.3, -0.25) is 14.4 Å². The number of fused-ring (bicyclic) bond motifs is 1. The van der Waals surface area contributed by atoms with Crippen molar-refractivity contribution in [3.63, 3.8) is 0 Å². The zero-order chi connectivity index (χ0) is 17.9. The molecule has 0 saturated heterocycles. The van der Waals surface area contributed by atoms with Gasteiger partial charge in [-0.15, -0.1) is 0 Å². The quantitative estimate of drug-likeness (QED) is 0.831. The molecule has 24 heavy (non-hydrogen) atoms. The van der Waals surface area contributed by atoms with Crippen molar-refractivity contribution in [2.45, 2.75) is 27.2 Å². The van der Waals surface area contributed by atoms with E-state index in [9.17, 15) is 14.4 Å². The Labute approximate surface area is 141 Å². The molecule has 0 aromatic heterocycles. The van der Waals surface area contributed by atoms with Crippen molar-refractivity contribution in [2.75, 3.05) is 0 Å². The molecule has 2 rings (SSSR count). The van der Waals surface area contributed by atoms with Crippen LogP contribution in [0.5, 0.6) is 0 Å². The minimum Gasteiger partial charge on any atom is -0.481 e. The number of aliphatic carboxylic acids is 1. The molecule has 124 valence electrons. The number of benzene rings is 1. The molecule has 0 heterocycles. The highest BCUT2D eigenvalue weighted by molar-refractivity contribution is 6.26. The zero-order valence-electron chi connectivity index (χ0n) is 14.0. The molecule has 0 bridgehead atoms. The standard InChI is InChI=1S/C20H20O4/c1-4-14(10-9-12(2)20(23)24)11-17-13(3)18(21)15-7-5-6-8-16(15)19(17)22/h4-10,12H,11H2,1-3H3,(H,23,24)/b10-9-,14-4+. The van der Waals surface area contributed by atoms with Gasteiger partial charge in [0, 0.05) is 28.7 Å². The summed E-state index contributed by atoms with van der Waals surface area (Å²) in [6, 6.07) is 6.82. The Balaban J connectivity index is 2.32. The molecule has 0 amide bonds. The Kier molecular flexibility index (Phi) is 5.29. The van der Waals surface area contributed by atoms with E-state index in [0.717, 1.165) is 5.57 Å². The summed E-state index contributed by atoms with van der Waals surface area (Å²) in [5.41, 5.74) is 2.61. The molecule has 0 fully saturated rings. The first kappa shape index (κ1) is 17.6. The van der Waals surface area contributed by atoms with Crippen molar-refractivity contribution in [1.82, 2.24) is 0 Å². The molecule has 1 atom stereocenters. The number of carboxylic acid groups (broad SMARTS) is 1. The lowest BCUT2D eigenvalue weighted by molar-refractivity contribution is -0.139. The van der Waals surface area contributed by atoms with Crippen LogP contribution in [-0.4, -0.2) is 22.6 Å². The number of Topliss-reactive ketones (excluding diaryl/α,β-unsaturated/α-hetero) is 2. The molecule has 0 radical (unpaired) electrons. The third kappa shape index (κ3) is 3.43. The van der Waals surface area contributed by atoms with Gasteiger partial charge in [-0.05, 0) is 26.3 Å². The van der Waals surface area contributed by atoms with Crippen LogP contribution in [-0.2, 0) is 4.79 Å². The molecule has 1 unspecified atom stereocenters. The van der Waals surface area contributed by atoms with Crippen molar-refractivity contribution >= 4 is 17.5 Å². The number of carbonyl (C=O) groups is 3. The van der Waals surface area contributed by atoms with Crippen LogP contribution in [0.4, 0.5) is 0 Å². The number of rotatable bonds is 5. The van der Waals surface area contributed by atoms with E-state index in [4.69, 9.17) is 5.11 Å². The summed E-state index contributed by atoms with van der Waals surface area (Å²) < 4.78 is 0. The number of carboxylic acids is 1. The third-order valence-electron chi connectivity index (χ3n) is 4.22. The summed E-state index contributed by atoms with van der Waals surface area (Å²) in [6.45, 7) is 5.08. The molecule has 1 N–H and O–H groups in total. The van der Waals surface area contributed by atoms with Gasteiger partial charge in [0.2, 0.25) is 0 Å². The summed E-state index contributed by atoms with van der Waals surface area (Å²) in [7, 11) is 0. The zero-order valence-corrected chi connectivity index (χ0v) is 14.0. The van der Waals surface area contributed by atoms with Crippen molar-refractivity contribution in [2.24, 2.45) is 5.92 Å². The fourth-order valence-corrected chi connectivity index (χ4v) is 2.58. The van der Waals surface area contributed by atoms with E-state index in [1.807, 2.05) is 13.0 Å². The van der Waals surface area contributed by atoms with Crippen LogP contribution in [0.15, 0.2) is 59.2 Å². The maximum atomic E-state index is 12.7. The Bertz CT molecular complexity index is 794. The summed E-state index contributed by atoms with van der Waals surface area (Å²) in [5.74, 6) is -1.78. The second-order valence-corrected chi connectivity index (χ2v) is 5.83. The van der Waals surface area contributed by atoms with Crippen LogP contribution < -0.4 is 0 Å². The molecule has 1 aromatic carbocycles. The van der Waals surface area contributed by atoms with Crippen LogP contribution in [0.1, 0.15) is 47.9 Å². The first-order valence-electron chi connectivity index (χ1n) is 7.81. The Morgan fingerprint density at radius 1 is 1.17 bits per heavy atom. The smallest absolute Gasteiger partial charge is 0.310 e. The summed E-state index contributed by atoms with van der Waals surface area (Å²) >= 11 is 0. The van der Waals surface area contributed by atoms with E-state index >= 15 is 0 Å².